The van der Waals surface area contributed by atoms with Crippen LogP contribution < -0.4 is 0 Å². The highest BCUT2D eigenvalue weighted by atomic mass is 32.2. The zero-order valence-corrected chi connectivity index (χ0v) is 10.8. The van der Waals surface area contributed by atoms with E-state index in [-0.39, 0.29) is 30.1 Å². The van der Waals surface area contributed by atoms with E-state index in [4.69, 9.17) is 4.55 Å². The molecule has 18 heavy (non-hydrogen) atoms. The van der Waals surface area contributed by atoms with Gasteiger partial charge in [-0.2, -0.15) is 21.0 Å². The minimum absolute atomic E-state index is 0.00144. The third kappa shape index (κ3) is 3.43. The molecule has 8 nitrogen and oxygen atoms in total. The number of amides is 2. The minimum atomic E-state index is -4.68. The number of hydrogen-bond donors (Lipinski definition) is 2. The molecular formula is C8H11NO7S2. The molecule has 0 aromatic heterocycles. The highest BCUT2D eigenvalue weighted by Gasteiger charge is 2.38. The van der Waals surface area contributed by atoms with Crippen LogP contribution in [0.2, 0.25) is 0 Å². The molecule has 0 saturated carbocycles. The Bertz CT molecular complexity index is 456. The van der Waals surface area contributed by atoms with Gasteiger partial charge in [0.05, 0.1) is 0 Å². The average molecular weight is 297 g/mol. The van der Waals surface area contributed by atoms with E-state index in [1.54, 1.807) is 0 Å². The smallest absolute Gasteiger partial charge is 0.329 e. The van der Waals surface area contributed by atoms with Crippen LogP contribution in [0.3, 0.4) is 0 Å². The van der Waals surface area contributed by atoms with Gasteiger partial charge in [0.15, 0.2) is 5.25 Å². The van der Waals surface area contributed by atoms with Gasteiger partial charge in [-0.25, -0.2) is 4.79 Å². The van der Waals surface area contributed by atoms with Crippen molar-refractivity contribution in [1.82, 2.24) is 5.06 Å². The molecule has 1 aliphatic heterocycles. The maximum atomic E-state index is 11.5. The number of imide groups is 1. The second-order valence-corrected chi connectivity index (χ2v) is 5.55. The maximum absolute atomic E-state index is 11.5. The third-order valence-corrected chi connectivity index (χ3v) is 3.61. The molecule has 1 rings (SSSR count). The fourth-order valence-electron chi connectivity index (χ4n) is 1.31. The standard InChI is InChI=1S/C8H11NO7S2/c10-6-1-2-7(11)9(6)16-8(12)5(3-4-17)18(13,14)15/h5,17H,1-4H2,(H,13,14,15). The van der Waals surface area contributed by atoms with Crippen LogP contribution in [0.15, 0.2) is 0 Å². The third-order valence-electron chi connectivity index (χ3n) is 2.20. The average Bonchev–Trinajstić information content (AvgIpc) is 2.55. The van der Waals surface area contributed by atoms with E-state index in [2.05, 4.69) is 17.5 Å². The number of nitrogens with zero attached hydrogens (tertiary/aromatic N) is 1. The van der Waals surface area contributed by atoms with E-state index >= 15 is 0 Å². The fraction of sp³-hybridized carbons (Fsp3) is 0.625. The summed E-state index contributed by atoms with van der Waals surface area (Å²) in [6.45, 7) is 0. The Morgan fingerprint density at radius 2 is 1.89 bits per heavy atom. The van der Waals surface area contributed by atoms with Crippen molar-refractivity contribution in [2.45, 2.75) is 24.5 Å². The summed E-state index contributed by atoms with van der Waals surface area (Å²) in [4.78, 5) is 38.2. The molecule has 0 spiro atoms. The lowest BCUT2D eigenvalue weighted by Gasteiger charge is -2.16. The van der Waals surface area contributed by atoms with E-state index in [0.717, 1.165) is 0 Å². The lowest BCUT2D eigenvalue weighted by molar-refractivity contribution is -0.197. The van der Waals surface area contributed by atoms with Gasteiger partial charge < -0.3 is 4.84 Å². The minimum Gasteiger partial charge on any atom is -0.329 e. The first kappa shape index (κ1) is 14.9. The number of hydrogen-bond acceptors (Lipinski definition) is 7. The molecule has 0 aliphatic carbocycles. The second kappa shape index (κ2) is 5.67. The quantitative estimate of drug-likeness (QED) is 0.386. The predicted molar refractivity (Wildman–Crippen MR) is 61.0 cm³/mol. The van der Waals surface area contributed by atoms with Gasteiger partial charge in [-0.1, -0.05) is 0 Å². The van der Waals surface area contributed by atoms with Crippen molar-refractivity contribution in [3.05, 3.63) is 0 Å². The SMILES string of the molecule is O=C(ON1C(=O)CCC1=O)C(CCS)S(=O)(=O)O. The van der Waals surface area contributed by atoms with Gasteiger partial charge in [-0.3, -0.25) is 14.1 Å². The fourth-order valence-corrected chi connectivity index (χ4v) is 2.45. The molecule has 10 heteroatoms. The predicted octanol–water partition coefficient (Wildman–Crippen LogP) is -0.830. The number of hydroxylamine groups is 2. The maximum Gasteiger partial charge on any atom is 0.353 e. The van der Waals surface area contributed by atoms with Crippen molar-refractivity contribution in [3.8, 4) is 0 Å². The lowest BCUT2D eigenvalue weighted by Crippen LogP contribution is -2.39. The molecule has 0 radical (unpaired) electrons. The number of rotatable bonds is 5. The molecular weight excluding hydrogens is 286 g/mol. The first-order valence-corrected chi connectivity index (χ1v) is 7.05. The van der Waals surface area contributed by atoms with Gasteiger partial charge in [0.1, 0.15) is 0 Å². The van der Waals surface area contributed by atoms with Crippen molar-refractivity contribution in [1.29, 1.82) is 0 Å². The largest absolute Gasteiger partial charge is 0.353 e. The van der Waals surface area contributed by atoms with Crippen molar-refractivity contribution < 1.29 is 32.2 Å². The zero-order chi connectivity index (χ0) is 13.9. The number of thiol groups is 1. The van der Waals surface area contributed by atoms with Crippen LogP contribution in [0.4, 0.5) is 0 Å². The highest BCUT2D eigenvalue weighted by molar-refractivity contribution is 7.87. The van der Waals surface area contributed by atoms with Gasteiger partial charge in [-0.05, 0) is 12.2 Å². The van der Waals surface area contributed by atoms with Crippen LogP contribution in [0.25, 0.3) is 0 Å². The Labute approximate surface area is 108 Å². The Morgan fingerprint density at radius 1 is 1.39 bits per heavy atom. The van der Waals surface area contributed by atoms with Gasteiger partial charge >= 0.3 is 5.97 Å². The summed E-state index contributed by atoms with van der Waals surface area (Å²) in [5, 5.41) is -1.64. The summed E-state index contributed by atoms with van der Waals surface area (Å²) in [5.41, 5.74) is 0. The molecule has 1 aliphatic rings. The van der Waals surface area contributed by atoms with E-state index in [0.29, 0.717) is 0 Å². The monoisotopic (exact) mass is 297 g/mol. The first-order chi connectivity index (χ1) is 8.27. The Morgan fingerprint density at radius 3 is 2.28 bits per heavy atom. The zero-order valence-electron chi connectivity index (χ0n) is 9.11. The van der Waals surface area contributed by atoms with Gasteiger partial charge in [-0.15, -0.1) is 5.06 Å². The number of carbonyl (C=O) groups is 3. The molecule has 0 aromatic rings. The molecule has 1 fully saturated rings. The van der Waals surface area contributed by atoms with Crippen molar-refractivity contribution in [2.75, 3.05) is 5.75 Å². The molecule has 1 N–H and O–H groups in total. The van der Waals surface area contributed by atoms with E-state index in [9.17, 15) is 22.8 Å². The molecule has 102 valence electrons. The Kier molecular flexibility index (Phi) is 4.71. The van der Waals surface area contributed by atoms with Crippen LogP contribution >= 0.6 is 12.6 Å². The highest BCUT2D eigenvalue weighted by Crippen LogP contribution is 2.15. The Balaban J connectivity index is 2.79. The van der Waals surface area contributed by atoms with Crippen LogP contribution in [-0.2, 0) is 29.3 Å². The van der Waals surface area contributed by atoms with Crippen molar-refractivity contribution in [2.24, 2.45) is 0 Å². The summed E-state index contributed by atoms with van der Waals surface area (Å²) in [5.74, 6) is -2.83. The van der Waals surface area contributed by atoms with Gasteiger partial charge in [0.2, 0.25) is 0 Å². The molecule has 0 aromatic carbocycles. The lowest BCUT2D eigenvalue weighted by atomic mass is 10.3. The van der Waals surface area contributed by atoms with Gasteiger partial charge in [0, 0.05) is 12.8 Å². The van der Waals surface area contributed by atoms with E-state index in [1.807, 2.05) is 0 Å². The van der Waals surface area contributed by atoms with Crippen LogP contribution in [0.5, 0.6) is 0 Å². The molecule has 0 bridgehead atoms. The van der Waals surface area contributed by atoms with Crippen LogP contribution in [0, 0.1) is 0 Å². The van der Waals surface area contributed by atoms with Crippen LogP contribution in [0.1, 0.15) is 19.3 Å². The summed E-state index contributed by atoms with van der Waals surface area (Å²) in [6.07, 6.45) is -0.499. The van der Waals surface area contributed by atoms with E-state index < -0.39 is 33.2 Å². The molecule has 1 heterocycles. The second-order valence-electron chi connectivity index (χ2n) is 3.51. The van der Waals surface area contributed by atoms with E-state index in [1.165, 1.54) is 0 Å². The molecule has 2 amide bonds. The summed E-state index contributed by atoms with van der Waals surface area (Å²) >= 11 is 3.74. The van der Waals surface area contributed by atoms with Crippen molar-refractivity contribution in [3.63, 3.8) is 0 Å². The summed E-state index contributed by atoms with van der Waals surface area (Å²) < 4.78 is 30.7. The van der Waals surface area contributed by atoms with Gasteiger partial charge in [0.25, 0.3) is 21.9 Å². The van der Waals surface area contributed by atoms with Crippen LogP contribution in [-0.4, -0.2) is 46.8 Å². The first-order valence-electron chi connectivity index (χ1n) is 4.92. The summed E-state index contributed by atoms with van der Waals surface area (Å²) in [7, 11) is -4.68. The number of carbonyl (C=O) groups excluding carboxylic acids is 3. The topological polar surface area (TPSA) is 118 Å². The normalized spacial score (nSPS) is 18.0. The Hall–Kier alpha value is -1.13. The van der Waals surface area contributed by atoms with Crippen molar-refractivity contribution >= 4 is 40.5 Å². The molecule has 1 unspecified atom stereocenters. The molecule has 1 saturated heterocycles. The molecule has 1 atom stereocenters. The summed E-state index contributed by atoms with van der Waals surface area (Å²) in [6, 6.07) is 0.